The van der Waals surface area contributed by atoms with Gasteiger partial charge in [-0.05, 0) is 57.2 Å². The first-order valence-corrected chi connectivity index (χ1v) is 11.0. The van der Waals surface area contributed by atoms with Crippen LogP contribution in [0.15, 0.2) is 59.5 Å². The molecule has 9 heteroatoms. The van der Waals surface area contributed by atoms with Gasteiger partial charge in [-0.25, -0.2) is 4.98 Å². The highest BCUT2D eigenvalue weighted by atomic mass is 16.1. The summed E-state index contributed by atoms with van der Waals surface area (Å²) in [6.07, 6.45) is 3.52. The summed E-state index contributed by atoms with van der Waals surface area (Å²) >= 11 is 0. The van der Waals surface area contributed by atoms with Gasteiger partial charge in [0.2, 0.25) is 5.95 Å². The number of nitrogens with zero attached hydrogens (tertiary/aromatic N) is 4. The fourth-order valence-corrected chi connectivity index (χ4v) is 3.89. The number of hydrogen-bond donors (Lipinski definition) is 4. The van der Waals surface area contributed by atoms with E-state index in [0.717, 1.165) is 16.8 Å². The van der Waals surface area contributed by atoms with Crippen LogP contribution in [0.4, 0.5) is 23.3 Å². The van der Waals surface area contributed by atoms with Gasteiger partial charge in [-0.2, -0.15) is 9.97 Å². The molecule has 2 heterocycles. The Morgan fingerprint density at radius 1 is 0.971 bits per heavy atom. The highest BCUT2D eigenvalue weighted by Crippen LogP contribution is 2.29. The van der Waals surface area contributed by atoms with E-state index in [0.29, 0.717) is 34.1 Å². The molecule has 34 heavy (non-hydrogen) atoms. The van der Waals surface area contributed by atoms with Crippen molar-refractivity contribution in [3.63, 3.8) is 0 Å². The number of nitrogen functional groups attached to an aromatic ring is 2. The van der Waals surface area contributed by atoms with Crippen molar-refractivity contribution in [3.05, 3.63) is 82.0 Å². The summed E-state index contributed by atoms with van der Waals surface area (Å²) in [5.74, 6) is 1.33. The summed E-state index contributed by atoms with van der Waals surface area (Å²) in [5.41, 5.74) is 15.6. The minimum Gasteiger partial charge on any atom is -0.393 e. The van der Waals surface area contributed by atoms with E-state index in [-0.39, 0.29) is 11.5 Å². The van der Waals surface area contributed by atoms with Crippen LogP contribution in [0.5, 0.6) is 0 Å². The molecular formula is C25H28N8O. The SMILES string of the molecule is C/C=C\Nc1nc(N)nc(NC(C)c2nc3cccc(C)c3c(=O)n2-c2ccccc2C)c1N. The number of hydrogen-bond acceptors (Lipinski definition) is 8. The average molecular weight is 457 g/mol. The van der Waals surface area contributed by atoms with Crippen molar-refractivity contribution >= 4 is 34.2 Å². The summed E-state index contributed by atoms with van der Waals surface area (Å²) in [6.45, 7) is 7.65. The van der Waals surface area contributed by atoms with Crippen LogP contribution in [0.25, 0.3) is 16.6 Å². The molecule has 0 aliphatic heterocycles. The zero-order chi connectivity index (χ0) is 24.4. The third kappa shape index (κ3) is 4.15. The first-order chi connectivity index (χ1) is 16.3. The Balaban J connectivity index is 1.90. The van der Waals surface area contributed by atoms with Gasteiger partial charge in [-0.3, -0.25) is 9.36 Å². The molecule has 4 rings (SSSR count). The average Bonchev–Trinajstić information content (AvgIpc) is 2.80. The molecule has 0 aliphatic carbocycles. The summed E-state index contributed by atoms with van der Waals surface area (Å²) in [7, 11) is 0. The molecule has 9 nitrogen and oxygen atoms in total. The van der Waals surface area contributed by atoms with E-state index in [4.69, 9.17) is 16.5 Å². The van der Waals surface area contributed by atoms with Crippen LogP contribution in [0, 0.1) is 13.8 Å². The Morgan fingerprint density at radius 2 is 1.68 bits per heavy atom. The van der Waals surface area contributed by atoms with E-state index in [1.165, 1.54) is 0 Å². The predicted molar refractivity (Wildman–Crippen MR) is 138 cm³/mol. The highest BCUT2D eigenvalue weighted by molar-refractivity contribution is 5.82. The van der Waals surface area contributed by atoms with Crippen molar-refractivity contribution in [2.45, 2.75) is 33.7 Å². The minimum atomic E-state index is -0.441. The summed E-state index contributed by atoms with van der Waals surface area (Å²) in [5, 5.41) is 6.86. The van der Waals surface area contributed by atoms with Crippen LogP contribution >= 0.6 is 0 Å². The molecule has 4 aromatic rings. The number of fused-ring (bicyclic) bond motifs is 1. The number of anilines is 4. The molecule has 0 fully saturated rings. The third-order valence-corrected chi connectivity index (χ3v) is 5.58. The smallest absolute Gasteiger partial charge is 0.266 e. The van der Waals surface area contributed by atoms with Crippen LogP contribution < -0.4 is 27.7 Å². The van der Waals surface area contributed by atoms with Gasteiger partial charge in [0, 0.05) is 0 Å². The molecule has 0 amide bonds. The second-order valence-electron chi connectivity index (χ2n) is 8.07. The Bertz CT molecular complexity index is 1460. The molecule has 1 unspecified atom stereocenters. The van der Waals surface area contributed by atoms with Crippen molar-refractivity contribution in [1.29, 1.82) is 0 Å². The topological polar surface area (TPSA) is 137 Å². The largest absolute Gasteiger partial charge is 0.393 e. The van der Waals surface area contributed by atoms with E-state index < -0.39 is 6.04 Å². The van der Waals surface area contributed by atoms with E-state index in [1.54, 1.807) is 10.8 Å². The van der Waals surface area contributed by atoms with Crippen LogP contribution in [-0.2, 0) is 0 Å². The molecule has 0 aliphatic rings. The summed E-state index contributed by atoms with van der Waals surface area (Å²) in [4.78, 5) is 27.1. The summed E-state index contributed by atoms with van der Waals surface area (Å²) < 4.78 is 1.65. The lowest BCUT2D eigenvalue weighted by molar-refractivity contribution is 0.729. The van der Waals surface area contributed by atoms with E-state index in [1.807, 2.05) is 76.2 Å². The zero-order valence-electron chi connectivity index (χ0n) is 19.6. The van der Waals surface area contributed by atoms with E-state index in [2.05, 4.69) is 20.6 Å². The van der Waals surface area contributed by atoms with E-state index >= 15 is 0 Å². The van der Waals surface area contributed by atoms with Crippen molar-refractivity contribution < 1.29 is 0 Å². The highest BCUT2D eigenvalue weighted by Gasteiger charge is 2.21. The Kier molecular flexibility index (Phi) is 6.18. The molecule has 0 saturated carbocycles. The van der Waals surface area contributed by atoms with Gasteiger partial charge in [0.15, 0.2) is 11.6 Å². The number of rotatable bonds is 6. The predicted octanol–water partition coefficient (Wildman–Crippen LogP) is 4.08. The Morgan fingerprint density at radius 3 is 2.41 bits per heavy atom. The van der Waals surface area contributed by atoms with Gasteiger partial charge in [-0.15, -0.1) is 0 Å². The fraction of sp³-hybridized carbons (Fsp3) is 0.200. The molecule has 2 aromatic carbocycles. The first kappa shape index (κ1) is 22.8. The molecule has 2 aromatic heterocycles. The second kappa shape index (κ2) is 9.22. The van der Waals surface area contributed by atoms with Gasteiger partial charge in [0.25, 0.3) is 5.56 Å². The lowest BCUT2D eigenvalue weighted by Crippen LogP contribution is -2.28. The molecule has 174 valence electrons. The molecule has 0 radical (unpaired) electrons. The van der Waals surface area contributed by atoms with Gasteiger partial charge in [-0.1, -0.05) is 36.4 Å². The third-order valence-electron chi connectivity index (χ3n) is 5.58. The van der Waals surface area contributed by atoms with Crippen LogP contribution in [-0.4, -0.2) is 19.5 Å². The minimum absolute atomic E-state index is 0.0642. The number of nitrogens with two attached hydrogens (primary N) is 2. The maximum absolute atomic E-state index is 13.8. The number of allylic oxidation sites excluding steroid dienone is 1. The fourth-order valence-electron chi connectivity index (χ4n) is 3.89. The standard InChI is InChI=1S/C25H28N8O/c1-5-13-28-21-20(26)22(32-25(27)31-21)29-16(4)23-30-17-11-8-10-15(3)19(17)24(34)33(23)18-12-7-6-9-14(18)2/h5-13,16H,26H2,1-4H3,(H4,27,28,29,31,32)/b13-5-. The molecule has 0 bridgehead atoms. The van der Waals surface area contributed by atoms with Gasteiger partial charge >= 0.3 is 0 Å². The quantitative estimate of drug-likeness (QED) is 0.341. The maximum atomic E-state index is 13.8. The van der Waals surface area contributed by atoms with Crippen molar-refractivity contribution in [2.24, 2.45) is 0 Å². The molecular weight excluding hydrogens is 428 g/mol. The van der Waals surface area contributed by atoms with Gasteiger partial charge < -0.3 is 22.1 Å². The van der Waals surface area contributed by atoms with Crippen LogP contribution in [0.2, 0.25) is 0 Å². The lowest BCUT2D eigenvalue weighted by atomic mass is 10.1. The van der Waals surface area contributed by atoms with Crippen molar-refractivity contribution in [3.8, 4) is 5.69 Å². The number of aryl methyl sites for hydroxylation is 2. The number of aromatic nitrogens is 4. The lowest BCUT2D eigenvalue weighted by Gasteiger charge is -2.22. The first-order valence-electron chi connectivity index (χ1n) is 11.0. The molecule has 0 spiro atoms. The molecule has 0 saturated heterocycles. The summed E-state index contributed by atoms with van der Waals surface area (Å²) in [6, 6.07) is 12.9. The number of benzene rings is 2. The Labute approximate surface area is 197 Å². The zero-order valence-corrected chi connectivity index (χ0v) is 19.6. The number of para-hydroxylation sites is 1. The van der Waals surface area contributed by atoms with Gasteiger partial charge in [0.1, 0.15) is 11.5 Å². The van der Waals surface area contributed by atoms with Crippen LogP contribution in [0.1, 0.15) is 36.8 Å². The monoisotopic (exact) mass is 456 g/mol. The Hall–Kier alpha value is -4.40. The molecule has 1 atom stereocenters. The normalized spacial score (nSPS) is 12.2. The van der Waals surface area contributed by atoms with Gasteiger partial charge in [0.05, 0.1) is 22.6 Å². The van der Waals surface area contributed by atoms with Crippen molar-refractivity contribution in [2.75, 3.05) is 22.1 Å². The number of nitrogens with one attached hydrogen (secondary N) is 2. The van der Waals surface area contributed by atoms with Crippen LogP contribution in [0.3, 0.4) is 0 Å². The van der Waals surface area contributed by atoms with Crippen molar-refractivity contribution in [1.82, 2.24) is 19.5 Å². The second-order valence-corrected chi connectivity index (χ2v) is 8.07. The molecule has 6 N–H and O–H groups in total. The van der Waals surface area contributed by atoms with E-state index in [9.17, 15) is 4.79 Å². The maximum Gasteiger partial charge on any atom is 0.266 e.